The Morgan fingerprint density at radius 2 is 2.05 bits per heavy atom. The van der Waals surface area contributed by atoms with Crippen molar-refractivity contribution in [2.24, 2.45) is 0 Å². The van der Waals surface area contributed by atoms with E-state index in [1.54, 1.807) is 0 Å². The summed E-state index contributed by atoms with van der Waals surface area (Å²) in [5.41, 5.74) is 0.0519. The Labute approximate surface area is 116 Å². The molecule has 0 saturated heterocycles. The normalized spacial score (nSPS) is 12.9. The zero-order chi connectivity index (χ0) is 15.5. The van der Waals surface area contributed by atoms with Crippen molar-refractivity contribution >= 4 is 21.9 Å². The van der Waals surface area contributed by atoms with Crippen molar-refractivity contribution in [3.05, 3.63) is 17.4 Å². The number of sulfonamides is 1. The highest BCUT2D eigenvalue weighted by atomic mass is 32.2. The Morgan fingerprint density at radius 3 is 2.55 bits per heavy atom. The fourth-order valence-corrected chi connectivity index (χ4v) is 2.24. The molecule has 9 heteroatoms. The third-order valence-electron chi connectivity index (χ3n) is 2.53. The molecule has 1 rings (SSSR count). The summed E-state index contributed by atoms with van der Waals surface area (Å²) in [5, 5.41) is 10.7. The second-order valence-electron chi connectivity index (χ2n) is 4.22. The van der Waals surface area contributed by atoms with Crippen LogP contribution in [0.2, 0.25) is 0 Å². The molecule has 0 aromatic carbocycles. The predicted octanol–water partition coefficient (Wildman–Crippen LogP) is 0.0891. The largest absolute Gasteiger partial charge is 0.481 e. The lowest BCUT2D eigenvalue weighted by atomic mass is 10.2. The molecule has 0 fully saturated rings. The molecule has 0 aliphatic carbocycles. The second kappa shape index (κ2) is 6.06. The van der Waals surface area contributed by atoms with Crippen LogP contribution in [0.15, 0.2) is 15.6 Å². The first-order valence-electron chi connectivity index (χ1n) is 5.74. The molecule has 3 N–H and O–H groups in total. The lowest BCUT2D eigenvalue weighted by molar-refractivity contribution is -0.137. The Hall–Kier alpha value is -1.87. The van der Waals surface area contributed by atoms with E-state index in [0.29, 0.717) is 0 Å². The fourth-order valence-electron chi connectivity index (χ4n) is 1.53. The molecule has 20 heavy (non-hydrogen) atoms. The first-order valence-corrected chi connectivity index (χ1v) is 7.22. The number of aryl methyl sites for hydroxylation is 1. The number of carboxylic acids is 1. The van der Waals surface area contributed by atoms with Crippen LogP contribution in [-0.2, 0) is 14.8 Å². The van der Waals surface area contributed by atoms with Gasteiger partial charge in [-0.05, 0) is 20.9 Å². The van der Waals surface area contributed by atoms with Gasteiger partial charge in [0.15, 0.2) is 0 Å². The highest BCUT2D eigenvalue weighted by Crippen LogP contribution is 2.18. The van der Waals surface area contributed by atoms with Crippen molar-refractivity contribution < 1.29 is 27.5 Å². The Kier molecular flexibility index (Phi) is 4.90. The minimum atomic E-state index is -3.77. The van der Waals surface area contributed by atoms with Crippen LogP contribution in [-0.4, -0.2) is 38.5 Å². The number of rotatable bonds is 6. The van der Waals surface area contributed by atoms with Gasteiger partial charge in [-0.2, -0.15) is 0 Å². The van der Waals surface area contributed by atoms with Crippen LogP contribution in [0.4, 0.5) is 0 Å². The van der Waals surface area contributed by atoms with Gasteiger partial charge in [0.1, 0.15) is 5.76 Å². The molecule has 8 nitrogen and oxygen atoms in total. The molecular formula is C11H16N2O6S. The lowest BCUT2D eigenvalue weighted by Crippen LogP contribution is -2.34. The van der Waals surface area contributed by atoms with Gasteiger partial charge in [0.05, 0.1) is 12.0 Å². The van der Waals surface area contributed by atoms with Crippen molar-refractivity contribution in [2.45, 2.75) is 31.4 Å². The number of furan rings is 1. The van der Waals surface area contributed by atoms with Crippen molar-refractivity contribution in [2.75, 3.05) is 7.05 Å². The van der Waals surface area contributed by atoms with Crippen LogP contribution in [0.5, 0.6) is 0 Å². The van der Waals surface area contributed by atoms with Crippen LogP contribution >= 0.6 is 0 Å². The molecule has 1 unspecified atom stereocenters. The average Bonchev–Trinajstić information content (AvgIpc) is 2.70. The third-order valence-corrected chi connectivity index (χ3v) is 3.80. The fraction of sp³-hybridized carbons (Fsp3) is 0.455. The van der Waals surface area contributed by atoms with Crippen LogP contribution in [0.1, 0.15) is 29.5 Å². The molecule has 112 valence electrons. The van der Waals surface area contributed by atoms with E-state index in [2.05, 4.69) is 10.0 Å². The van der Waals surface area contributed by atoms with Crippen molar-refractivity contribution in [3.63, 3.8) is 0 Å². The molecule has 1 aromatic heterocycles. The minimum absolute atomic E-state index is 0.0519. The minimum Gasteiger partial charge on any atom is -0.481 e. The maximum Gasteiger partial charge on any atom is 0.305 e. The molecular weight excluding hydrogens is 288 g/mol. The summed E-state index contributed by atoms with van der Waals surface area (Å²) < 4.78 is 30.2. The summed E-state index contributed by atoms with van der Waals surface area (Å²) in [6, 6.07) is 0.517. The van der Waals surface area contributed by atoms with Crippen LogP contribution < -0.4 is 10.0 Å². The number of carboxylic acid groups (broad SMARTS) is 1. The molecule has 0 aliphatic rings. The van der Waals surface area contributed by atoms with Gasteiger partial charge >= 0.3 is 5.97 Å². The van der Waals surface area contributed by atoms with E-state index in [-0.39, 0.29) is 22.8 Å². The van der Waals surface area contributed by atoms with Gasteiger partial charge in [-0.15, -0.1) is 0 Å². The van der Waals surface area contributed by atoms with Gasteiger partial charge < -0.3 is 14.8 Å². The molecule has 1 heterocycles. The highest BCUT2D eigenvalue weighted by molar-refractivity contribution is 7.89. The number of amides is 1. The SMILES string of the molecule is CNS(=O)(=O)c1cc(C(=O)NC(C)CC(=O)O)c(C)o1. The maximum atomic E-state index is 11.9. The molecule has 0 aliphatic heterocycles. The van der Waals surface area contributed by atoms with Gasteiger partial charge in [-0.1, -0.05) is 0 Å². The van der Waals surface area contributed by atoms with E-state index in [9.17, 15) is 18.0 Å². The Bertz CT molecular complexity index is 619. The maximum absolute atomic E-state index is 11.9. The van der Waals surface area contributed by atoms with E-state index in [4.69, 9.17) is 9.52 Å². The number of hydrogen-bond donors (Lipinski definition) is 3. The standard InChI is InChI=1S/C11H16N2O6S/c1-6(4-9(14)15)13-11(16)8-5-10(19-7(8)2)20(17,18)12-3/h5-6,12H,4H2,1-3H3,(H,13,16)(H,14,15). The Balaban J connectivity index is 2.93. The summed E-state index contributed by atoms with van der Waals surface area (Å²) in [5.74, 6) is -1.49. The zero-order valence-corrected chi connectivity index (χ0v) is 12.1. The summed E-state index contributed by atoms with van der Waals surface area (Å²) >= 11 is 0. The van der Waals surface area contributed by atoms with Gasteiger partial charge in [0.2, 0.25) is 5.09 Å². The van der Waals surface area contributed by atoms with Crippen molar-refractivity contribution in [3.8, 4) is 0 Å². The number of hydrogen-bond acceptors (Lipinski definition) is 5. The van der Waals surface area contributed by atoms with Gasteiger partial charge in [0.25, 0.3) is 15.9 Å². The molecule has 0 radical (unpaired) electrons. The van der Waals surface area contributed by atoms with E-state index in [1.165, 1.54) is 20.9 Å². The van der Waals surface area contributed by atoms with Gasteiger partial charge in [0, 0.05) is 12.1 Å². The van der Waals surface area contributed by atoms with Gasteiger partial charge in [-0.25, -0.2) is 13.1 Å². The number of carbonyl (C=O) groups excluding carboxylic acids is 1. The monoisotopic (exact) mass is 304 g/mol. The molecule has 0 spiro atoms. The summed E-state index contributed by atoms with van der Waals surface area (Å²) in [7, 11) is -2.55. The van der Waals surface area contributed by atoms with E-state index < -0.39 is 27.9 Å². The highest BCUT2D eigenvalue weighted by Gasteiger charge is 2.23. The quantitative estimate of drug-likeness (QED) is 0.683. The summed E-state index contributed by atoms with van der Waals surface area (Å²) in [4.78, 5) is 22.4. The Morgan fingerprint density at radius 1 is 1.45 bits per heavy atom. The second-order valence-corrected chi connectivity index (χ2v) is 6.03. The topological polar surface area (TPSA) is 126 Å². The third kappa shape index (κ3) is 3.81. The molecule has 1 aromatic rings. The molecule has 1 amide bonds. The van der Waals surface area contributed by atoms with E-state index in [1.807, 2.05) is 0 Å². The lowest BCUT2D eigenvalue weighted by Gasteiger charge is -2.10. The van der Waals surface area contributed by atoms with Crippen molar-refractivity contribution in [1.29, 1.82) is 0 Å². The van der Waals surface area contributed by atoms with E-state index in [0.717, 1.165) is 6.07 Å². The van der Waals surface area contributed by atoms with Crippen LogP contribution in [0, 0.1) is 6.92 Å². The predicted molar refractivity (Wildman–Crippen MR) is 68.9 cm³/mol. The number of nitrogens with one attached hydrogen (secondary N) is 2. The zero-order valence-electron chi connectivity index (χ0n) is 11.3. The summed E-state index contributed by atoms with van der Waals surface area (Å²) in [6.07, 6.45) is -0.232. The van der Waals surface area contributed by atoms with Crippen LogP contribution in [0.25, 0.3) is 0 Å². The van der Waals surface area contributed by atoms with Crippen LogP contribution in [0.3, 0.4) is 0 Å². The first-order chi connectivity index (χ1) is 9.17. The molecule has 0 saturated carbocycles. The first kappa shape index (κ1) is 16.2. The summed E-state index contributed by atoms with van der Waals surface area (Å²) in [6.45, 7) is 2.98. The number of carbonyl (C=O) groups is 2. The van der Waals surface area contributed by atoms with E-state index >= 15 is 0 Å². The molecule has 1 atom stereocenters. The van der Waals surface area contributed by atoms with Crippen molar-refractivity contribution in [1.82, 2.24) is 10.0 Å². The number of aliphatic carboxylic acids is 1. The molecule has 0 bridgehead atoms. The van der Waals surface area contributed by atoms with Gasteiger partial charge in [-0.3, -0.25) is 9.59 Å². The smallest absolute Gasteiger partial charge is 0.305 e. The average molecular weight is 304 g/mol.